The zero-order valence-electron chi connectivity index (χ0n) is 14.5. The number of anilines is 1. The summed E-state index contributed by atoms with van der Waals surface area (Å²) in [5.74, 6) is 0.937. The fourth-order valence-corrected chi connectivity index (χ4v) is 4.79. The Bertz CT molecular complexity index is 812. The highest BCUT2D eigenvalue weighted by Crippen LogP contribution is 2.42. The van der Waals surface area contributed by atoms with Gasteiger partial charge in [0.15, 0.2) is 13.1 Å². The van der Waals surface area contributed by atoms with Crippen molar-refractivity contribution in [3.63, 3.8) is 0 Å². The number of hydrogen-bond donors (Lipinski definition) is 2. The number of quaternary nitrogens is 1. The maximum atomic E-state index is 13.3. The Balaban J connectivity index is 1.64. The van der Waals surface area contributed by atoms with Crippen LogP contribution in [0.5, 0.6) is 0 Å². The number of amides is 2. The molecule has 0 radical (unpaired) electrons. The van der Waals surface area contributed by atoms with Crippen molar-refractivity contribution in [1.29, 1.82) is 0 Å². The summed E-state index contributed by atoms with van der Waals surface area (Å²) in [5, 5.41) is 2.83. The number of carbonyl (C=O) groups excluding carboxylic acids is 2. The van der Waals surface area contributed by atoms with E-state index < -0.39 is 0 Å². The van der Waals surface area contributed by atoms with Gasteiger partial charge in [-0.2, -0.15) is 0 Å². The summed E-state index contributed by atoms with van der Waals surface area (Å²) in [7, 11) is 0. The molecule has 0 bridgehead atoms. The summed E-state index contributed by atoms with van der Waals surface area (Å²) in [6, 6.07) is 18.3. The van der Waals surface area contributed by atoms with Crippen LogP contribution in [0.1, 0.15) is 11.6 Å². The fourth-order valence-electron chi connectivity index (χ4n) is 3.62. The zero-order valence-corrected chi connectivity index (χ0v) is 15.3. The van der Waals surface area contributed by atoms with E-state index in [1.165, 1.54) is 0 Å². The summed E-state index contributed by atoms with van der Waals surface area (Å²) < 4.78 is 0. The van der Waals surface area contributed by atoms with E-state index in [9.17, 15) is 9.59 Å². The normalized spacial score (nSPS) is 22.5. The van der Waals surface area contributed by atoms with Crippen molar-refractivity contribution in [3.8, 4) is 0 Å². The number of rotatable bonds is 3. The molecule has 6 heteroatoms. The number of nitrogens with one attached hydrogen (secondary N) is 2. The Hall–Kier alpha value is -2.31. The first kappa shape index (κ1) is 17.1. The van der Waals surface area contributed by atoms with Crippen molar-refractivity contribution in [2.75, 3.05) is 36.8 Å². The van der Waals surface area contributed by atoms with Gasteiger partial charge in [-0.1, -0.05) is 42.5 Å². The molecule has 1 unspecified atom stereocenters. The third kappa shape index (κ3) is 3.48. The average molecular weight is 368 g/mol. The topological polar surface area (TPSA) is 53.9 Å². The van der Waals surface area contributed by atoms with Gasteiger partial charge in [0.05, 0.1) is 24.8 Å². The minimum atomic E-state index is 0.0154. The molecule has 0 saturated carbocycles. The van der Waals surface area contributed by atoms with Gasteiger partial charge in [0.25, 0.3) is 11.8 Å². The van der Waals surface area contributed by atoms with Crippen molar-refractivity contribution in [3.05, 3.63) is 60.2 Å². The van der Waals surface area contributed by atoms with E-state index in [2.05, 4.69) is 23.5 Å². The third-order valence-corrected chi connectivity index (χ3v) is 6.04. The molecule has 5 nitrogen and oxygen atoms in total. The third-order valence-electron chi connectivity index (χ3n) is 4.90. The van der Waals surface area contributed by atoms with Crippen LogP contribution < -0.4 is 15.1 Å². The summed E-state index contributed by atoms with van der Waals surface area (Å²) in [6.07, 6.45) is 0. The molecule has 2 aromatic carbocycles. The van der Waals surface area contributed by atoms with Crippen LogP contribution >= 0.6 is 11.8 Å². The Kier molecular flexibility index (Phi) is 4.95. The largest absolute Gasteiger partial charge is 0.346 e. The van der Waals surface area contributed by atoms with Crippen LogP contribution in [0.3, 0.4) is 0 Å². The van der Waals surface area contributed by atoms with Crippen LogP contribution in [0.15, 0.2) is 59.5 Å². The molecule has 2 atom stereocenters. The minimum absolute atomic E-state index is 0.0154. The standard InChI is InChI=1S/C20H21N3O2S/c24-19-12-22(11-10-21-19)13-20(25)23-16-8-4-5-9-18(16)26-14-17(23)15-6-2-1-3-7-15/h1-9,17H,10-14H2,(H,21,24)/p+1/t17-/m1/s1. The number of thioether (sulfide) groups is 1. The zero-order chi connectivity index (χ0) is 17.9. The Morgan fingerprint density at radius 3 is 2.73 bits per heavy atom. The van der Waals surface area contributed by atoms with Crippen molar-refractivity contribution < 1.29 is 14.5 Å². The Morgan fingerprint density at radius 1 is 1.15 bits per heavy atom. The number of piperazine rings is 1. The van der Waals surface area contributed by atoms with Gasteiger partial charge in [-0.3, -0.25) is 14.5 Å². The first-order chi connectivity index (χ1) is 12.7. The predicted octanol–water partition coefficient (Wildman–Crippen LogP) is 0.881. The van der Waals surface area contributed by atoms with Gasteiger partial charge in [-0.05, 0) is 17.7 Å². The lowest BCUT2D eigenvalue weighted by molar-refractivity contribution is -0.885. The molecule has 2 N–H and O–H groups in total. The second-order valence-electron chi connectivity index (χ2n) is 6.67. The number of para-hydroxylation sites is 1. The van der Waals surface area contributed by atoms with Crippen molar-refractivity contribution in [2.24, 2.45) is 0 Å². The van der Waals surface area contributed by atoms with E-state index in [-0.39, 0.29) is 17.9 Å². The Labute approximate surface area is 157 Å². The second-order valence-corrected chi connectivity index (χ2v) is 7.73. The molecule has 2 aliphatic heterocycles. The predicted molar refractivity (Wildman–Crippen MR) is 102 cm³/mol. The lowest BCUT2D eigenvalue weighted by Gasteiger charge is -2.37. The van der Waals surface area contributed by atoms with Crippen LogP contribution in [0.2, 0.25) is 0 Å². The molecule has 134 valence electrons. The van der Waals surface area contributed by atoms with E-state index in [4.69, 9.17) is 0 Å². The molecule has 0 aromatic heterocycles. The summed E-state index contributed by atoms with van der Waals surface area (Å²) in [5.41, 5.74) is 2.12. The first-order valence-electron chi connectivity index (χ1n) is 8.91. The lowest BCUT2D eigenvalue weighted by atomic mass is 10.1. The fraction of sp³-hybridized carbons (Fsp3) is 0.300. The van der Waals surface area contributed by atoms with E-state index in [1.54, 1.807) is 11.8 Å². The Morgan fingerprint density at radius 2 is 1.92 bits per heavy atom. The molecule has 1 fully saturated rings. The monoisotopic (exact) mass is 368 g/mol. The molecule has 0 aliphatic carbocycles. The second kappa shape index (κ2) is 7.51. The molecule has 1 saturated heterocycles. The van der Waals surface area contributed by atoms with E-state index >= 15 is 0 Å². The van der Waals surface area contributed by atoms with Gasteiger partial charge in [0.2, 0.25) is 0 Å². The number of carbonyl (C=O) groups is 2. The molecule has 26 heavy (non-hydrogen) atoms. The molecule has 4 rings (SSSR count). The smallest absolute Gasteiger partial charge is 0.282 e. The van der Waals surface area contributed by atoms with Gasteiger partial charge in [0.1, 0.15) is 0 Å². The van der Waals surface area contributed by atoms with Crippen molar-refractivity contribution >= 4 is 29.3 Å². The van der Waals surface area contributed by atoms with Crippen LogP contribution in [-0.4, -0.2) is 43.7 Å². The summed E-state index contributed by atoms with van der Waals surface area (Å²) in [4.78, 5) is 29.1. The van der Waals surface area contributed by atoms with Gasteiger partial charge >= 0.3 is 0 Å². The van der Waals surface area contributed by atoms with E-state index in [1.807, 2.05) is 41.3 Å². The number of nitrogens with zero attached hydrogens (tertiary/aromatic N) is 1. The van der Waals surface area contributed by atoms with Gasteiger partial charge in [-0.15, -0.1) is 11.8 Å². The van der Waals surface area contributed by atoms with E-state index in [0.29, 0.717) is 19.6 Å². The highest BCUT2D eigenvalue weighted by atomic mass is 32.2. The number of benzene rings is 2. The minimum Gasteiger partial charge on any atom is -0.346 e. The SMILES string of the molecule is O=C1C[NH+](CC(=O)N2c3ccccc3SC[C@@H]2c2ccccc2)CCN1. The molecule has 2 amide bonds. The number of fused-ring (bicyclic) bond motifs is 1. The molecule has 2 aromatic rings. The molecule has 2 aliphatic rings. The van der Waals surface area contributed by atoms with Crippen LogP contribution in [0.4, 0.5) is 5.69 Å². The van der Waals surface area contributed by atoms with E-state index in [0.717, 1.165) is 33.3 Å². The molecule has 0 spiro atoms. The highest BCUT2D eigenvalue weighted by Gasteiger charge is 2.34. The lowest BCUT2D eigenvalue weighted by Crippen LogP contribution is -3.16. The highest BCUT2D eigenvalue weighted by molar-refractivity contribution is 7.99. The number of hydrogen-bond acceptors (Lipinski definition) is 3. The molecular weight excluding hydrogens is 346 g/mol. The average Bonchev–Trinajstić information content (AvgIpc) is 2.67. The summed E-state index contributed by atoms with van der Waals surface area (Å²) in [6.45, 7) is 2.13. The molecule has 2 heterocycles. The van der Waals surface area contributed by atoms with Crippen LogP contribution in [0.25, 0.3) is 0 Å². The van der Waals surface area contributed by atoms with Gasteiger partial charge in [0, 0.05) is 10.6 Å². The first-order valence-corrected chi connectivity index (χ1v) is 9.90. The maximum absolute atomic E-state index is 13.3. The molecular formula is C20H22N3O2S+. The maximum Gasteiger partial charge on any atom is 0.282 e. The van der Waals surface area contributed by atoms with Crippen LogP contribution in [0, 0.1) is 0 Å². The van der Waals surface area contributed by atoms with Crippen LogP contribution in [-0.2, 0) is 9.59 Å². The summed E-state index contributed by atoms with van der Waals surface area (Å²) >= 11 is 1.79. The van der Waals surface area contributed by atoms with Crippen molar-refractivity contribution in [1.82, 2.24) is 5.32 Å². The van der Waals surface area contributed by atoms with Gasteiger partial charge in [-0.25, -0.2) is 0 Å². The van der Waals surface area contributed by atoms with Crippen molar-refractivity contribution in [2.45, 2.75) is 10.9 Å². The van der Waals surface area contributed by atoms with Gasteiger partial charge < -0.3 is 10.2 Å². The quantitative estimate of drug-likeness (QED) is 0.846.